The zero-order valence-electron chi connectivity index (χ0n) is 13.6. The van der Waals surface area contributed by atoms with E-state index in [4.69, 9.17) is 0 Å². The Labute approximate surface area is 128 Å². The van der Waals surface area contributed by atoms with E-state index in [1.807, 2.05) is 0 Å². The minimum Gasteiger partial charge on any atom is -0.291 e. The van der Waals surface area contributed by atoms with Crippen molar-refractivity contribution in [2.75, 3.05) is 6.54 Å². The highest BCUT2D eigenvalue weighted by molar-refractivity contribution is 5.05. The summed E-state index contributed by atoms with van der Waals surface area (Å²) in [4.78, 5) is 13.6. The summed E-state index contributed by atoms with van der Waals surface area (Å²) in [6.45, 7) is 5.30. The lowest BCUT2D eigenvalue weighted by atomic mass is 9.83. The van der Waals surface area contributed by atoms with Gasteiger partial charge in [-0.1, -0.05) is 26.2 Å². The molecular weight excluding hydrogens is 264 g/mol. The maximum Gasteiger partial charge on any atom is 0.225 e. The molecule has 5 unspecified atom stereocenters. The Bertz CT molecular complexity index is 400. The van der Waals surface area contributed by atoms with Crippen LogP contribution in [0, 0.1) is 21.4 Å². The first-order valence-corrected chi connectivity index (χ1v) is 8.95. The van der Waals surface area contributed by atoms with E-state index < -0.39 is 0 Å². The summed E-state index contributed by atoms with van der Waals surface area (Å²) in [6.07, 6.45) is 11.1. The van der Waals surface area contributed by atoms with Crippen molar-refractivity contribution in [1.29, 1.82) is 0 Å². The topological polar surface area (TPSA) is 46.4 Å². The number of piperidine rings is 1. The monoisotopic (exact) mass is 294 g/mol. The van der Waals surface area contributed by atoms with Crippen molar-refractivity contribution in [1.82, 2.24) is 4.90 Å². The summed E-state index contributed by atoms with van der Waals surface area (Å²) in [5.74, 6) is 0.955. The second-order valence-corrected chi connectivity index (χ2v) is 7.82. The summed E-state index contributed by atoms with van der Waals surface area (Å²) in [7, 11) is 0. The van der Waals surface area contributed by atoms with Crippen LogP contribution in [0.4, 0.5) is 0 Å². The number of likely N-dealkylation sites (tertiary alicyclic amines) is 1. The predicted molar refractivity (Wildman–Crippen MR) is 83.9 cm³/mol. The highest BCUT2D eigenvalue weighted by Gasteiger charge is 2.54. The van der Waals surface area contributed by atoms with Gasteiger partial charge in [-0.3, -0.25) is 15.0 Å². The van der Waals surface area contributed by atoms with Crippen LogP contribution >= 0.6 is 0 Å². The third kappa shape index (κ3) is 2.96. The van der Waals surface area contributed by atoms with Crippen molar-refractivity contribution in [3.8, 4) is 0 Å². The SMILES string of the molecule is CCC12CC(N3CC([N+](=O)[O-])CCC3C)CCCCC1C2. The van der Waals surface area contributed by atoms with Crippen molar-refractivity contribution < 1.29 is 4.92 Å². The van der Waals surface area contributed by atoms with Crippen LogP contribution in [0.15, 0.2) is 0 Å². The van der Waals surface area contributed by atoms with Crippen LogP contribution in [-0.2, 0) is 0 Å². The fourth-order valence-corrected chi connectivity index (χ4v) is 5.09. The molecule has 120 valence electrons. The molecule has 0 N–H and O–H groups in total. The molecule has 0 radical (unpaired) electrons. The Balaban J connectivity index is 1.71. The van der Waals surface area contributed by atoms with Crippen LogP contribution in [0.25, 0.3) is 0 Å². The Hall–Kier alpha value is -0.640. The van der Waals surface area contributed by atoms with Gasteiger partial charge in [-0.05, 0) is 50.4 Å². The van der Waals surface area contributed by atoms with Crippen molar-refractivity contribution >= 4 is 0 Å². The summed E-state index contributed by atoms with van der Waals surface area (Å²) >= 11 is 0. The molecule has 0 aromatic heterocycles. The zero-order valence-corrected chi connectivity index (χ0v) is 13.6. The Kier molecular flexibility index (Phi) is 4.26. The second kappa shape index (κ2) is 5.86. The number of fused-ring (bicyclic) bond motifs is 1. The predicted octanol–water partition coefficient (Wildman–Crippen LogP) is 3.87. The molecule has 0 spiro atoms. The highest BCUT2D eigenvalue weighted by atomic mass is 16.6. The van der Waals surface area contributed by atoms with Gasteiger partial charge < -0.3 is 0 Å². The molecule has 3 fully saturated rings. The van der Waals surface area contributed by atoms with Gasteiger partial charge in [-0.2, -0.15) is 0 Å². The van der Waals surface area contributed by atoms with Crippen LogP contribution in [0.2, 0.25) is 0 Å². The smallest absolute Gasteiger partial charge is 0.225 e. The quantitative estimate of drug-likeness (QED) is 0.586. The van der Waals surface area contributed by atoms with E-state index in [0.717, 1.165) is 18.8 Å². The van der Waals surface area contributed by atoms with Gasteiger partial charge in [-0.15, -0.1) is 0 Å². The molecule has 3 aliphatic rings. The van der Waals surface area contributed by atoms with Gasteiger partial charge in [0, 0.05) is 23.4 Å². The average molecular weight is 294 g/mol. The standard InChI is InChI=1S/C17H30N2O2/c1-3-17-10-14(17)6-4-5-7-15(11-17)18-12-16(19(20)21)9-8-13(18)2/h13-16H,3-12H2,1-2H3. The van der Waals surface area contributed by atoms with Crippen LogP contribution in [-0.4, -0.2) is 34.5 Å². The number of nitro groups is 1. The molecule has 0 aromatic carbocycles. The average Bonchev–Trinajstić information content (AvgIpc) is 3.12. The minimum absolute atomic E-state index is 0.0443. The van der Waals surface area contributed by atoms with Crippen LogP contribution in [0.5, 0.6) is 0 Å². The first kappa shape index (κ1) is 15.3. The third-order valence-electron chi connectivity index (χ3n) is 6.72. The van der Waals surface area contributed by atoms with Crippen molar-refractivity contribution in [3.05, 3.63) is 10.1 Å². The summed E-state index contributed by atoms with van der Waals surface area (Å²) in [5, 5.41) is 11.2. The molecular formula is C17H30N2O2. The van der Waals surface area contributed by atoms with Crippen LogP contribution < -0.4 is 0 Å². The molecule has 21 heavy (non-hydrogen) atoms. The molecule has 1 aliphatic heterocycles. The fraction of sp³-hybridized carbons (Fsp3) is 1.00. The number of rotatable bonds is 3. The number of hydrogen-bond donors (Lipinski definition) is 0. The lowest BCUT2D eigenvalue weighted by Crippen LogP contribution is -2.52. The van der Waals surface area contributed by atoms with Crippen molar-refractivity contribution in [3.63, 3.8) is 0 Å². The Morgan fingerprint density at radius 3 is 2.67 bits per heavy atom. The largest absolute Gasteiger partial charge is 0.291 e. The summed E-state index contributed by atoms with van der Waals surface area (Å²) in [5.41, 5.74) is 0.590. The fourth-order valence-electron chi connectivity index (χ4n) is 5.09. The first-order valence-electron chi connectivity index (χ1n) is 8.95. The van der Waals surface area contributed by atoms with E-state index >= 15 is 0 Å². The first-order chi connectivity index (χ1) is 10.1. The highest BCUT2D eigenvalue weighted by Crippen LogP contribution is 2.62. The van der Waals surface area contributed by atoms with Crippen molar-refractivity contribution in [2.24, 2.45) is 11.3 Å². The van der Waals surface area contributed by atoms with Crippen LogP contribution in [0.1, 0.15) is 71.6 Å². The van der Waals surface area contributed by atoms with Gasteiger partial charge in [0.1, 0.15) is 0 Å². The van der Waals surface area contributed by atoms with Gasteiger partial charge in [0.25, 0.3) is 0 Å². The second-order valence-electron chi connectivity index (χ2n) is 7.82. The van der Waals surface area contributed by atoms with Crippen LogP contribution in [0.3, 0.4) is 0 Å². The molecule has 2 aliphatic carbocycles. The number of hydrogen-bond acceptors (Lipinski definition) is 3. The molecule has 3 rings (SSSR count). The lowest BCUT2D eigenvalue weighted by molar-refractivity contribution is -0.527. The van der Waals surface area contributed by atoms with Gasteiger partial charge in [0.15, 0.2) is 0 Å². The van der Waals surface area contributed by atoms with E-state index in [-0.39, 0.29) is 11.0 Å². The van der Waals surface area contributed by atoms with Gasteiger partial charge in [0.05, 0.1) is 6.54 Å². The zero-order chi connectivity index (χ0) is 15.0. The summed E-state index contributed by atoms with van der Waals surface area (Å²) < 4.78 is 0. The van der Waals surface area contributed by atoms with E-state index in [9.17, 15) is 10.1 Å². The minimum atomic E-state index is -0.334. The van der Waals surface area contributed by atoms with Gasteiger partial charge in [0.2, 0.25) is 6.04 Å². The van der Waals surface area contributed by atoms with Crippen molar-refractivity contribution in [2.45, 2.75) is 89.8 Å². The summed E-state index contributed by atoms with van der Waals surface area (Å²) in [6, 6.07) is 0.781. The molecule has 0 bridgehead atoms. The number of nitrogens with zero attached hydrogens (tertiary/aromatic N) is 2. The van der Waals surface area contributed by atoms with E-state index in [1.54, 1.807) is 0 Å². The third-order valence-corrected chi connectivity index (χ3v) is 6.72. The molecule has 4 heteroatoms. The Morgan fingerprint density at radius 1 is 1.19 bits per heavy atom. The molecule has 1 heterocycles. The molecule has 0 aromatic rings. The maximum absolute atomic E-state index is 11.2. The maximum atomic E-state index is 11.2. The van der Waals surface area contributed by atoms with Gasteiger partial charge >= 0.3 is 0 Å². The molecule has 0 amide bonds. The van der Waals surface area contributed by atoms with E-state index in [1.165, 1.54) is 44.9 Å². The molecule has 2 saturated carbocycles. The van der Waals surface area contributed by atoms with E-state index in [2.05, 4.69) is 18.7 Å². The molecule has 4 nitrogen and oxygen atoms in total. The van der Waals surface area contributed by atoms with Gasteiger partial charge in [-0.25, -0.2) is 0 Å². The van der Waals surface area contributed by atoms with E-state index in [0.29, 0.717) is 24.0 Å². The lowest BCUT2D eigenvalue weighted by Gasteiger charge is -2.42. The normalized spacial score (nSPS) is 44.5. The Morgan fingerprint density at radius 2 is 1.95 bits per heavy atom. The molecule has 1 saturated heterocycles. The molecule has 5 atom stereocenters.